The SMILES string of the molecule is O=C(Cc1coc(-c2ccccc2)n1)OCCN1C(=O)c2ccccc2C1=O. The molecule has 0 spiro atoms. The third-order valence-corrected chi connectivity index (χ3v) is 4.35. The summed E-state index contributed by atoms with van der Waals surface area (Å²) in [5, 5.41) is 0. The third kappa shape index (κ3) is 3.42. The molecule has 0 unspecified atom stereocenters. The summed E-state index contributed by atoms with van der Waals surface area (Å²) in [7, 11) is 0. The molecule has 0 fully saturated rings. The van der Waals surface area contributed by atoms with Crippen molar-refractivity contribution in [3.63, 3.8) is 0 Å². The van der Waals surface area contributed by atoms with E-state index in [-0.39, 0.29) is 31.4 Å². The summed E-state index contributed by atoms with van der Waals surface area (Å²) in [4.78, 5) is 41.9. The molecule has 3 aromatic rings. The van der Waals surface area contributed by atoms with Crippen LogP contribution in [0.5, 0.6) is 0 Å². The monoisotopic (exact) mass is 376 g/mol. The zero-order chi connectivity index (χ0) is 19.5. The van der Waals surface area contributed by atoms with Gasteiger partial charge in [0, 0.05) is 5.56 Å². The number of ether oxygens (including phenoxy) is 1. The lowest BCUT2D eigenvalue weighted by atomic mass is 10.1. The molecule has 0 N–H and O–H groups in total. The molecule has 2 heterocycles. The van der Waals surface area contributed by atoms with E-state index in [1.807, 2.05) is 30.3 Å². The molecule has 4 rings (SSSR count). The Balaban J connectivity index is 1.30. The molecule has 28 heavy (non-hydrogen) atoms. The summed E-state index contributed by atoms with van der Waals surface area (Å²) in [5.41, 5.74) is 2.00. The van der Waals surface area contributed by atoms with Crippen molar-refractivity contribution in [1.82, 2.24) is 9.88 Å². The van der Waals surface area contributed by atoms with Crippen LogP contribution in [0.4, 0.5) is 0 Å². The number of aromatic nitrogens is 1. The van der Waals surface area contributed by atoms with Crippen molar-refractivity contribution in [3.05, 3.63) is 77.7 Å². The molecule has 0 saturated carbocycles. The van der Waals surface area contributed by atoms with Gasteiger partial charge in [-0.3, -0.25) is 19.3 Å². The van der Waals surface area contributed by atoms with Crippen LogP contribution in [0.25, 0.3) is 11.5 Å². The average Bonchev–Trinajstić information content (AvgIpc) is 3.28. The van der Waals surface area contributed by atoms with Gasteiger partial charge in [-0.1, -0.05) is 30.3 Å². The number of fused-ring (bicyclic) bond motifs is 1. The highest BCUT2D eigenvalue weighted by Crippen LogP contribution is 2.22. The first-order valence-electron chi connectivity index (χ1n) is 8.74. The molecule has 0 bridgehead atoms. The van der Waals surface area contributed by atoms with Gasteiger partial charge in [-0.25, -0.2) is 4.98 Å². The van der Waals surface area contributed by atoms with Gasteiger partial charge in [0.2, 0.25) is 5.89 Å². The predicted molar refractivity (Wildman–Crippen MR) is 98.4 cm³/mol. The van der Waals surface area contributed by atoms with Gasteiger partial charge in [0.15, 0.2) is 0 Å². The molecule has 0 aliphatic carbocycles. The smallest absolute Gasteiger partial charge is 0.312 e. The lowest BCUT2D eigenvalue weighted by molar-refractivity contribution is -0.143. The summed E-state index contributed by atoms with van der Waals surface area (Å²) in [6, 6.07) is 16.0. The van der Waals surface area contributed by atoms with Crippen molar-refractivity contribution < 1.29 is 23.5 Å². The fourth-order valence-corrected chi connectivity index (χ4v) is 2.99. The minimum atomic E-state index is -0.510. The first kappa shape index (κ1) is 17.7. The van der Waals surface area contributed by atoms with E-state index >= 15 is 0 Å². The van der Waals surface area contributed by atoms with E-state index in [0.29, 0.717) is 22.7 Å². The van der Waals surface area contributed by atoms with E-state index < -0.39 is 5.97 Å². The molecule has 0 atom stereocenters. The van der Waals surface area contributed by atoms with Gasteiger partial charge in [-0.2, -0.15) is 0 Å². The van der Waals surface area contributed by atoms with Gasteiger partial charge in [-0.15, -0.1) is 0 Å². The van der Waals surface area contributed by atoms with Crippen molar-refractivity contribution in [3.8, 4) is 11.5 Å². The fraction of sp³-hybridized carbons (Fsp3) is 0.143. The molecule has 0 radical (unpaired) electrons. The van der Waals surface area contributed by atoms with Crippen LogP contribution in [-0.4, -0.2) is 40.8 Å². The molecule has 1 aliphatic heterocycles. The highest BCUT2D eigenvalue weighted by atomic mass is 16.5. The maximum atomic E-state index is 12.3. The number of carbonyl (C=O) groups is 3. The molecule has 1 aliphatic rings. The topological polar surface area (TPSA) is 89.7 Å². The van der Waals surface area contributed by atoms with E-state index in [0.717, 1.165) is 10.5 Å². The van der Waals surface area contributed by atoms with Crippen LogP contribution in [0.1, 0.15) is 26.4 Å². The molecule has 140 valence electrons. The normalized spacial score (nSPS) is 12.9. The largest absolute Gasteiger partial charge is 0.463 e. The van der Waals surface area contributed by atoms with E-state index in [1.165, 1.54) is 6.26 Å². The molecule has 1 aromatic heterocycles. The van der Waals surface area contributed by atoms with E-state index in [1.54, 1.807) is 24.3 Å². The van der Waals surface area contributed by atoms with E-state index in [4.69, 9.17) is 9.15 Å². The standard InChI is InChI=1S/C21H16N2O5/c24-18(12-15-13-28-19(22-15)14-6-2-1-3-7-14)27-11-10-23-20(25)16-8-4-5-9-17(16)21(23)26/h1-9,13H,10-12H2. The second-order valence-corrected chi connectivity index (χ2v) is 6.21. The minimum absolute atomic E-state index is 0.00612. The van der Waals surface area contributed by atoms with Gasteiger partial charge in [-0.05, 0) is 24.3 Å². The van der Waals surface area contributed by atoms with Crippen LogP contribution in [0.2, 0.25) is 0 Å². The Hall–Kier alpha value is -3.74. The Bertz CT molecular complexity index is 1010. The second-order valence-electron chi connectivity index (χ2n) is 6.21. The Morgan fingerprint density at radius 3 is 2.29 bits per heavy atom. The Kier molecular flexibility index (Phi) is 4.72. The van der Waals surface area contributed by atoms with Crippen molar-refractivity contribution in [1.29, 1.82) is 0 Å². The second kappa shape index (κ2) is 7.48. The lowest BCUT2D eigenvalue weighted by Gasteiger charge is -2.13. The first-order chi connectivity index (χ1) is 13.6. The molecule has 7 nitrogen and oxygen atoms in total. The molecule has 2 aromatic carbocycles. The van der Waals surface area contributed by atoms with Crippen LogP contribution in [0, 0.1) is 0 Å². The number of oxazole rings is 1. The van der Waals surface area contributed by atoms with E-state index in [9.17, 15) is 14.4 Å². The van der Waals surface area contributed by atoms with Gasteiger partial charge < -0.3 is 9.15 Å². The van der Waals surface area contributed by atoms with Crippen LogP contribution < -0.4 is 0 Å². The number of benzene rings is 2. The van der Waals surface area contributed by atoms with Gasteiger partial charge in [0.05, 0.1) is 29.8 Å². The summed E-state index contributed by atoms with van der Waals surface area (Å²) >= 11 is 0. The summed E-state index contributed by atoms with van der Waals surface area (Å²) in [6.07, 6.45) is 1.35. The quantitative estimate of drug-likeness (QED) is 0.485. The van der Waals surface area contributed by atoms with Crippen molar-refractivity contribution in [2.75, 3.05) is 13.2 Å². The number of carbonyl (C=O) groups excluding carboxylic acids is 3. The van der Waals surface area contributed by atoms with Gasteiger partial charge >= 0.3 is 5.97 Å². The summed E-state index contributed by atoms with van der Waals surface area (Å²) < 4.78 is 10.5. The number of imide groups is 1. The Morgan fingerprint density at radius 1 is 0.964 bits per heavy atom. The molecular weight excluding hydrogens is 360 g/mol. The highest BCUT2D eigenvalue weighted by Gasteiger charge is 2.34. The minimum Gasteiger partial charge on any atom is -0.463 e. The number of nitrogens with zero attached hydrogens (tertiary/aromatic N) is 2. The molecule has 0 saturated heterocycles. The highest BCUT2D eigenvalue weighted by molar-refractivity contribution is 6.21. The van der Waals surface area contributed by atoms with Crippen molar-refractivity contribution in [2.24, 2.45) is 0 Å². The zero-order valence-corrected chi connectivity index (χ0v) is 14.8. The first-order valence-corrected chi connectivity index (χ1v) is 8.74. The molecule has 2 amide bonds. The number of esters is 1. The summed E-state index contributed by atoms with van der Waals surface area (Å²) in [6.45, 7) is -0.0696. The van der Waals surface area contributed by atoms with Crippen LogP contribution in [-0.2, 0) is 16.0 Å². The summed E-state index contributed by atoms with van der Waals surface area (Å²) in [5.74, 6) is -0.833. The molecule has 7 heteroatoms. The van der Waals surface area contributed by atoms with Crippen LogP contribution in [0.15, 0.2) is 65.3 Å². The number of hydrogen-bond donors (Lipinski definition) is 0. The fourth-order valence-electron chi connectivity index (χ4n) is 2.99. The van der Waals surface area contributed by atoms with Crippen molar-refractivity contribution >= 4 is 17.8 Å². The number of amides is 2. The maximum Gasteiger partial charge on any atom is 0.312 e. The maximum absolute atomic E-state index is 12.3. The number of rotatable bonds is 6. The third-order valence-electron chi connectivity index (χ3n) is 4.35. The lowest BCUT2D eigenvalue weighted by Crippen LogP contribution is -2.33. The van der Waals surface area contributed by atoms with Crippen LogP contribution >= 0.6 is 0 Å². The average molecular weight is 376 g/mol. The Labute approximate surface area is 160 Å². The number of hydrogen-bond acceptors (Lipinski definition) is 6. The molecular formula is C21H16N2O5. The van der Waals surface area contributed by atoms with Gasteiger partial charge in [0.25, 0.3) is 11.8 Å². The van der Waals surface area contributed by atoms with Crippen molar-refractivity contribution in [2.45, 2.75) is 6.42 Å². The van der Waals surface area contributed by atoms with Crippen LogP contribution in [0.3, 0.4) is 0 Å². The van der Waals surface area contributed by atoms with Gasteiger partial charge in [0.1, 0.15) is 12.9 Å². The predicted octanol–water partition coefficient (Wildman–Crippen LogP) is 2.72. The Morgan fingerprint density at radius 2 is 1.61 bits per heavy atom. The zero-order valence-electron chi connectivity index (χ0n) is 14.8. The van der Waals surface area contributed by atoms with E-state index in [2.05, 4.69) is 4.98 Å².